The second kappa shape index (κ2) is 5.06. The van der Waals surface area contributed by atoms with Gasteiger partial charge in [-0.2, -0.15) is 4.52 Å². The molecule has 2 aromatic heterocycles. The zero-order valence-corrected chi connectivity index (χ0v) is 12.4. The third kappa shape index (κ3) is 2.12. The van der Waals surface area contributed by atoms with Crippen LogP contribution in [0.5, 0.6) is 0 Å². The summed E-state index contributed by atoms with van der Waals surface area (Å²) >= 11 is 0. The van der Waals surface area contributed by atoms with Gasteiger partial charge < -0.3 is 10.6 Å². The second-order valence-electron chi connectivity index (χ2n) is 5.90. The van der Waals surface area contributed by atoms with Crippen LogP contribution in [0.15, 0.2) is 42.5 Å². The molecule has 0 unspecified atom stereocenters. The molecule has 1 aromatic carbocycles. The molecule has 0 bridgehead atoms. The highest BCUT2D eigenvalue weighted by molar-refractivity contribution is 5.59. The van der Waals surface area contributed by atoms with Gasteiger partial charge in [-0.25, -0.2) is 0 Å². The van der Waals surface area contributed by atoms with E-state index in [1.165, 1.54) is 0 Å². The molecule has 0 saturated carbocycles. The van der Waals surface area contributed by atoms with Crippen LogP contribution < -0.4 is 10.6 Å². The second-order valence-corrected chi connectivity index (χ2v) is 5.90. The summed E-state index contributed by atoms with van der Waals surface area (Å²) in [5, 5.41) is 13.2. The highest BCUT2D eigenvalue weighted by Crippen LogP contribution is 2.23. The molecule has 0 aliphatic carbocycles. The van der Waals surface area contributed by atoms with Crippen molar-refractivity contribution in [2.45, 2.75) is 13.0 Å². The number of benzene rings is 1. The standard InChI is InChI=1S/C16H18N6/c1-11-9-21(10-13(11)17)15-8-7-14-18-19-16(22(14)20-15)12-5-3-2-4-6-12/h2-8,11,13H,9-10,17H2,1H3/t11-,13-/m1/s1. The van der Waals surface area contributed by atoms with Crippen molar-refractivity contribution in [3.05, 3.63) is 42.5 Å². The molecule has 1 aliphatic heterocycles. The molecule has 112 valence electrons. The van der Waals surface area contributed by atoms with E-state index in [1.54, 1.807) is 4.52 Å². The van der Waals surface area contributed by atoms with Gasteiger partial charge in [-0.15, -0.1) is 15.3 Å². The van der Waals surface area contributed by atoms with Crippen molar-refractivity contribution in [1.82, 2.24) is 19.8 Å². The van der Waals surface area contributed by atoms with Gasteiger partial charge in [-0.05, 0) is 18.1 Å². The van der Waals surface area contributed by atoms with E-state index in [4.69, 9.17) is 10.8 Å². The van der Waals surface area contributed by atoms with Gasteiger partial charge in [-0.1, -0.05) is 37.3 Å². The average molecular weight is 294 g/mol. The summed E-state index contributed by atoms with van der Waals surface area (Å²) in [5.41, 5.74) is 7.87. The molecule has 0 amide bonds. The minimum Gasteiger partial charge on any atom is -0.353 e. The molecule has 6 nitrogen and oxygen atoms in total. The maximum Gasteiger partial charge on any atom is 0.185 e. The summed E-state index contributed by atoms with van der Waals surface area (Å²) in [7, 11) is 0. The fourth-order valence-corrected chi connectivity index (χ4v) is 2.89. The van der Waals surface area contributed by atoms with E-state index in [-0.39, 0.29) is 6.04 Å². The predicted molar refractivity (Wildman–Crippen MR) is 85.6 cm³/mol. The first-order valence-electron chi connectivity index (χ1n) is 7.51. The van der Waals surface area contributed by atoms with Crippen molar-refractivity contribution in [2.75, 3.05) is 18.0 Å². The Kier molecular flexibility index (Phi) is 3.04. The van der Waals surface area contributed by atoms with Crippen LogP contribution >= 0.6 is 0 Å². The van der Waals surface area contributed by atoms with Gasteiger partial charge in [0, 0.05) is 24.7 Å². The maximum absolute atomic E-state index is 6.12. The largest absolute Gasteiger partial charge is 0.353 e. The maximum atomic E-state index is 6.12. The van der Waals surface area contributed by atoms with Gasteiger partial charge in [0.15, 0.2) is 11.5 Å². The monoisotopic (exact) mass is 294 g/mol. The Hall–Kier alpha value is -2.47. The molecule has 1 fully saturated rings. The predicted octanol–water partition coefficient (Wildman–Crippen LogP) is 1.57. The number of anilines is 1. The first-order chi connectivity index (χ1) is 10.7. The number of nitrogens with two attached hydrogens (primary N) is 1. The Balaban J connectivity index is 1.77. The van der Waals surface area contributed by atoms with Gasteiger partial charge in [0.1, 0.15) is 5.82 Å². The number of hydrogen-bond acceptors (Lipinski definition) is 5. The topological polar surface area (TPSA) is 72.3 Å². The van der Waals surface area contributed by atoms with E-state index in [2.05, 4.69) is 22.0 Å². The molecule has 1 aliphatic rings. The summed E-state index contributed by atoms with van der Waals surface area (Å²) in [6.07, 6.45) is 0. The van der Waals surface area contributed by atoms with Gasteiger partial charge in [0.25, 0.3) is 0 Å². The smallest absolute Gasteiger partial charge is 0.185 e. The quantitative estimate of drug-likeness (QED) is 0.777. The van der Waals surface area contributed by atoms with Crippen LogP contribution in [0.3, 0.4) is 0 Å². The number of nitrogens with zero attached hydrogens (tertiary/aromatic N) is 5. The van der Waals surface area contributed by atoms with Crippen molar-refractivity contribution in [3.8, 4) is 11.4 Å². The van der Waals surface area contributed by atoms with Crippen LogP contribution in [0.2, 0.25) is 0 Å². The molecule has 22 heavy (non-hydrogen) atoms. The Labute approximate surface area is 128 Å². The summed E-state index contributed by atoms with van der Waals surface area (Å²) in [6.45, 7) is 3.95. The SMILES string of the molecule is C[C@@H]1CN(c2ccc3nnc(-c4ccccc4)n3n2)C[C@H]1N. The lowest BCUT2D eigenvalue weighted by Crippen LogP contribution is -2.28. The first-order valence-corrected chi connectivity index (χ1v) is 7.51. The van der Waals surface area contributed by atoms with Crippen LogP contribution in [0.25, 0.3) is 17.0 Å². The number of fused-ring (bicyclic) bond motifs is 1. The molecule has 0 radical (unpaired) electrons. The van der Waals surface area contributed by atoms with Gasteiger partial charge in [0.05, 0.1) is 0 Å². The van der Waals surface area contributed by atoms with Crippen molar-refractivity contribution < 1.29 is 0 Å². The van der Waals surface area contributed by atoms with Crippen LogP contribution in [0.1, 0.15) is 6.92 Å². The number of rotatable bonds is 2. The van der Waals surface area contributed by atoms with E-state index >= 15 is 0 Å². The zero-order chi connectivity index (χ0) is 15.1. The highest BCUT2D eigenvalue weighted by Gasteiger charge is 2.27. The summed E-state index contributed by atoms with van der Waals surface area (Å²) < 4.78 is 1.80. The van der Waals surface area contributed by atoms with Crippen molar-refractivity contribution in [2.24, 2.45) is 11.7 Å². The lowest BCUT2D eigenvalue weighted by atomic mass is 10.1. The molecular formula is C16H18N6. The molecule has 1 saturated heterocycles. The lowest BCUT2D eigenvalue weighted by molar-refractivity contribution is 0.566. The van der Waals surface area contributed by atoms with Crippen LogP contribution in [0.4, 0.5) is 5.82 Å². The van der Waals surface area contributed by atoms with Crippen molar-refractivity contribution in [3.63, 3.8) is 0 Å². The van der Waals surface area contributed by atoms with Crippen molar-refractivity contribution in [1.29, 1.82) is 0 Å². The van der Waals surface area contributed by atoms with Gasteiger partial charge in [-0.3, -0.25) is 0 Å². The Morgan fingerprint density at radius 3 is 2.59 bits per heavy atom. The molecule has 3 aromatic rings. The van der Waals surface area contributed by atoms with E-state index in [1.807, 2.05) is 42.5 Å². The zero-order valence-electron chi connectivity index (χ0n) is 12.4. The van der Waals surface area contributed by atoms with Crippen LogP contribution in [-0.2, 0) is 0 Å². The number of hydrogen-bond donors (Lipinski definition) is 1. The molecule has 4 rings (SSSR count). The fraction of sp³-hybridized carbons (Fsp3) is 0.312. The number of aromatic nitrogens is 4. The van der Waals surface area contributed by atoms with E-state index in [0.29, 0.717) is 5.92 Å². The molecule has 6 heteroatoms. The van der Waals surface area contributed by atoms with Crippen LogP contribution in [0, 0.1) is 5.92 Å². The molecular weight excluding hydrogens is 276 g/mol. The van der Waals surface area contributed by atoms with E-state index < -0.39 is 0 Å². The molecule has 3 heterocycles. The first kappa shape index (κ1) is 13.2. The summed E-state index contributed by atoms with van der Waals surface area (Å²) in [6, 6.07) is 14.1. The Bertz CT molecular complexity index is 787. The van der Waals surface area contributed by atoms with E-state index in [9.17, 15) is 0 Å². The minimum atomic E-state index is 0.201. The van der Waals surface area contributed by atoms with E-state index in [0.717, 1.165) is 35.9 Å². The molecule has 2 N–H and O–H groups in total. The van der Waals surface area contributed by atoms with Crippen LogP contribution in [-0.4, -0.2) is 38.9 Å². The van der Waals surface area contributed by atoms with Gasteiger partial charge in [0.2, 0.25) is 0 Å². The van der Waals surface area contributed by atoms with Crippen molar-refractivity contribution >= 4 is 11.5 Å². The fourth-order valence-electron chi connectivity index (χ4n) is 2.89. The Morgan fingerprint density at radius 1 is 1.05 bits per heavy atom. The molecule has 0 spiro atoms. The highest BCUT2D eigenvalue weighted by atomic mass is 15.4. The molecule has 2 atom stereocenters. The summed E-state index contributed by atoms with van der Waals surface area (Å²) in [4.78, 5) is 2.23. The van der Waals surface area contributed by atoms with Gasteiger partial charge >= 0.3 is 0 Å². The average Bonchev–Trinajstić information content (AvgIpc) is 3.11. The Morgan fingerprint density at radius 2 is 1.86 bits per heavy atom. The lowest BCUT2D eigenvalue weighted by Gasteiger charge is -2.16. The normalized spacial score (nSPS) is 21.6. The third-order valence-electron chi connectivity index (χ3n) is 4.28. The third-order valence-corrected chi connectivity index (χ3v) is 4.28. The minimum absolute atomic E-state index is 0.201. The summed E-state index contributed by atoms with van der Waals surface area (Å²) in [5.74, 6) is 2.16.